The Labute approximate surface area is 103 Å². The van der Waals surface area contributed by atoms with E-state index in [1.807, 2.05) is 43.3 Å². The molecule has 0 aliphatic carbocycles. The van der Waals surface area contributed by atoms with E-state index in [1.165, 1.54) is 0 Å². The Balaban J connectivity index is 2.45. The van der Waals surface area contributed by atoms with Crippen molar-refractivity contribution in [3.63, 3.8) is 0 Å². The number of likely N-dealkylation sites (N-methyl/N-ethyl adjacent to an activating group) is 1. The van der Waals surface area contributed by atoms with Crippen LogP contribution in [0.15, 0.2) is 24.3 Å². The molecule has 0 unspecified atom stereocenters. The van der Waals surface area contributed by atoms with Crippen molar-refractivity contribution in [2.45, 2.75) is 13.0 Å². The molecule has 0 aliphatic heterocycles. The first-order chi connectivity index (χ1) is 8.13. The van der Waals surface area contributed by atoms with Gasteiger partial charge in [0.2, 0.25) is 5.91 Å². The van der Waals surface area contributed by atoms with Crippen LogP contribution in [0, 0.1) is 0 Å². The zero-order chi connectivity index (χ0) is 12.7. The minimum atomic E-state index is 0.0488. The summed E-state index contributed by atoms with van der Waals surface area (Å²) >= 11 is 0. The largest absolute Gasteiger partial charge is 0.355 e. The minimum absolute atomic E-state index is 0.0488. The van der Waals surface area contributed by atoms with Crippen molar-refractivity contribution in [3.05, 3.63) is 35.4 Å². The maximum absolute atomic E-state index is 11.7. The van der Waals surface area contributed by atoms with Crippen molar-refractivity contribution in [1.82, 2.24) is 10.2 Å². The van der Waals surface area contributed by atoms with Gasteiger partial charge in [0.25, 0.3) is 0 Å². The third-order valence-electron chi connectivity index (χ3n) is 2.57. The van der Waals surface area contributed by atoms with E-state index in [1.54, 1.807) is 0 Å². The maximum atomic E-state index is 11.7. The third-order valence-corrected chi connectivity index (χ3v) is 2.57. The number of amides is 1. The summed E-state index contributed by atoms with van der Waals surface area (Å²) in [6, 6.07) is 7.79. The first kappa shape index (κ1) is 13.7. The molecular weight excluding hydrogens is 214 g/mol. The highest BCUT2D eigenvalue weighted by Gasteiger charge is 2.06. The summed E-state index contributed by atoms with van der Waals surface area (Å²) in [5, 5.41) is 2.89. The zero-order valence-corrected chi connectivity index (χ0v) is 10.6. The lowest BCUT2D eigenvalue weighted by atomic mass is 10.0. The number of carbonyl (C=O) groups excluding carboxylic acids is 1. The summed E-state index contributed by atoms with van der Waals surface area (Å²) in [5.41, 5.74) is 7.68. The molecule has 4 nitrogen and oxygen atoms in total. The number of nitrogens with one attached hydrogen (secondary N) is 1. The van der Waals surface area contributed by atoms with Crippen LogP contribution in [0.25, 0.3) is 0 Å². The number of carbonyl (C=O) groups is 1. The Kier molecular flexibility index (Phi) is 5.66. The van der Waals surface area contributed by atoms with Gasteiger partial charge < -0.3 is 16.0 Å². The molecule has 0 spiro atoms. The fourth-order valence-corrected chi connectivity index (χ4v) is 1.58. The average Bonchev–Trinajstić information content (AvgIpc) is 2.29. The zero-order valence-electron chi connectivity index (χ0n) is 10.6. The first-order valence-electron chi connectivity index (χ1n) is 5.81. The van der Waals surface area contributed by atoms with Crippen molar-refractivity contribution in [3.8, 4) is 0 Å². The van der Waals surface area contributed by atoms with Gasteiger partial charge in [-0.25, -0.2) is 0 Å². The van der Waals surface area contributed by atoms with Gasteiger partial charge in [-0.1, -0.05) is 24.3 Å². The topological polar surface area (TPSA) is 58.4 Å². The highest BCUT2D eigenvalue weighted by atomic mass is 16.1. The fourth-order valence-electron chi connectivity index (χ4n) is 1.58. The number of benzene rings is 1. The molecule has 0 saturated carbocycles. The standard InChI is InChI=1S/C13H21N3O/c1-16(2)8-7-15-13(17)9-11-5-3-4-6-12(11)10-14/h3-6H,7-10,14H2,1-2H3,(H,15,17). The molecule has 3 N–H and O–H groups in total. The Hall–Kier alpha value is -1.39. The van der Waals surface area contributed by atoms with Crippen molar-refractivity contribution in [2.75, 3.05) is 27.2 Å². The molecule has 17 heavy (non-hydrogen) atoms. The molecule has 0 saturated heterocycles. The lowest BCUT2D eigenvalue weighted by Crippen LogP contribution is -2.32. The van der Waals surface area contributed by atoms with E-state index in [4.69, 9.17) is 5.73 Å². The van der Waals surface area contributed by atoms with Gasteiger partial charge >= 0.3 is 0 Å². The van der Waals surface area contributed by atoms with E-state index in [-0.39, 0.29) is 5.91 Å². The highest BCUT2D eigenvalue weighted by molar-refractivity contribution is 5.78. The number of hydrogen-bond acceptors (Lipinski definition) is 3. The van der Waals surface area contributed by atoms with Crippen LogP contribution >= 0.6 is 0 Å². The van der Waals surface area contributed by atoms with Crippen LogP contribution in [0.3, 0.4) is 0 Å². The summed E-state index contributed by atoms with van der Waals surface area (Å²) in [6.45, 7) is 2.00. The summed E-state index contributed by atoms with van der Waals surface area (Å²) in [6.07, 6.45) is 0.404. The smallest absolute Gasteiger partial charge is 0.224 e. The van der Waals surface area contributed by atoms with E-state index in [0.717, 1.165) is 17.7 Å². The molecule has 1 aromatic carbocycles. The molecule has 94 valence electrons. The Bertz CT molecular complexity index is 363. The van der Waals surface area contributed by atoms with E-state index in [9.17, 15) is 4.79 Å². The summed E-state index contributed by atoms with van der Waals surface area (Å²) < 4.78 is 0. The highest BCUT2D eigenvalue weighted by Crippen LogP contribution is 2.08. The molecule has 1 aromatic rings. The maximum Gasteiger partial charge on any atom is 0.224 e. The second-order valence-electron chi connectivity index (χ2n) is 4.30. The normalized spacial score (nSPS) is 10.6. The fraction of sp³-hybridized carbons (Fsp3) is 0.462. The number of rotatable bonds is 6. The van der Waals surface area contributed by atoms with Gasteiger partial charge in [-0.3, -0.25) is 4.79 Å². The van der Waals surface area contributed by atoms with Crippen LogP contribution < -0.4 is 11.1 Å². The van der Waals surface area contributed by atoms with Gasteiger partial charge in [-0.05, 0) is 25.2 Å². The van der Waals surface area contributed by atoms with Crippen LogP contribution in [0.2, 0.25) is 0 Å². The molecule has 0 radical (unpaired) electrons. The van der Waals surface area contributed by atoms with Crippen molar-refractivity contribution in [2.24, 2.45) is 5.73 Å². The first-order valence-corrected chi connectivity index (χ1v) is 5.81. The average molecular weight is 235 g/mol. The van der Waals surface area contributed by atoms with E-state index >= 15 is 0 Å². The summed E-state index contributed by atoms with van der Waals surface area (Å²) in [7, 11) is 3.96. The second-order valence-corrected chi connectivity index (χ2v) is 4.30. The molecule has 1 amide bonds. The van der Waals surface area contributed by atoms with Gasteiger partial charge in [0.1, 0.15) is 0 Å². The molecule has 0 aliphatic rings. The molecular formula is C13H21N3O. The summed E-state index contributed by atoms with van der Waals surface area (Å²) in [5.74, 6) is 0.0488. The molecule has 0 fully saturated rings. The van der Waals surface area contributed by atoms with Crippen LogP contribution in [0.1, 0.15) is 11.1 Å². The Morgan fingerprint density at radius 1 is 1.29 bits per heavy atom. The predicted octanol–water partition coefficient (Wildman–Crippen LogP) is 0.366. The predicted molar refractivity (Wildman–Crippen MR) is 69.6 cm³/mol. The van der Waals surface area contributed by atoms with Gasteiger partial charge in [0.05, 0.1) is 6.42 Å². The van der Waals surface area contributed by atoms with E-state index in [0.29, 0.717) is 19.5 Å². The number of nitrogens with two attached hydrogens (primary N) is 1. The minimum Gasteiger partial charge on any atom is -0.355 e. The van der Waals surface area contributed by atoms with Gasteiger partial charge in [-0.2, -0.15) is 0 Å². The molecule has 4 heteroatoms. The Morgan fingerprint density at radius 3 is 2.53 bits per heavy atom. The Morgan fingerprint density at radius 2 is 1.94 bits per heavy atom. The second kappa shape index (κ2) is 7.04. The van der Waals surface area contributed by atoms with Gasteiger partial charge in [0.15, 0.2) is 0 Å². The monoisotopic (exact) mass is 235 g/mol. The van der Waals surface area contributed by atoms with Gasteiger partial charge in [-0.15, -0.1) is 0 Å². The molecule has 0 heterocycles. The summed E-state index contributed by atoms with van der Waals surface area (Å²) in [4.78, 5) is 13.7. The van der Waals surface area contributed by atoms with Crippen molar-refractivity contribution in [1.29, 1.82) is 0 Å². The quantitative estimate of drug-likeness (QED) is 0.749. The van der Waals surface area contributed by atoms with Crippen LogP contribution in [0.5, 0.6) is 0 Å². The van der Waals surface area contributed by atoms with E-state index in [2.05, 4.69) is 5.32 Å². The molecule has 0 bridgehead atoms. The molecule has 0 atom stereocenters. The molecule has 1 rings (SSSR count). The van der Waals surface area contributed by atoms with Crippen LogP contribution in [-0.4, -0.2) is 38.0 Å². The van der Waals surface area contributed by atoms with Crippen LogP contribution in [0.4, 0.5) is 0 Å². The lowest BCUT2D eigenvalue weighted by molar-refractivity contribution is -0.120. The van der Waals surface area contributed by atoms with Crippen LogP contribution in [-0.2, 0) is 17.8 Å². The number of hydrogen-bond donors (Lipinski definition) is 2. The van der Waals surface area contributed by atoms with Crippen molar-refractivity contribution >= 4 is 5.91 Å². The SMILES string of the molecule is CN(C)CCNC(=O)Cc1ccccc1CN. The van der Waals surface area contributed by atoms with Gasteiger partial charge in [0, 0.05) is 19.6 Å². The third kappa shape index (κ3) is 4.97. The van der Waals surface area contributed by atoms with E-state index < -0.39 is 0 Å². The lowest BCUT2D eigenvalue weighted by Gasteiger charge is -2.11. The molecule has 0 aromatic heterocycles. The number of nitrogens with zero attached hydrogens (tertiary/aromatic N) is 1. The van der Waals surface area contributed by atoms with Crippen molar-refractivity contribution < 1.29 is 4.79 Å².